The molecule has 0 atom stereocenters. The Morgan fingerprint density at radius 2 is 1.94 bits per heavy atom. The highest BCUT2D eigenvalue weighted by Crippen LogP contribution is 2.32. The van der Waals surface area contributed by atoms with Crippen LogP contribution in [0.4, 0.5) is 0 Å². The number of thiophene rings is 1. The molecule has 0 bridgehead atoms. The maximum atomic E-state index is 9.09. The van der Waals surface area contributed by atoms with Gasteiger partial charge in [0.25, 0.3) is 0 Å². The van der Waals surface area contributed by atoms with E-state index in [2.05, 4.69) is 41.8 Å². The van der Waals surface area contributed by atoms with Crippen molar-refractivity contribution in [3.05, 3.63) is 47.3 Å². The Morgan fingerprint density at radius 3 is 2.81 bits per heavy atom. The highest BCUT2D eigenvalue weighted by molar-refractivity contribution is 7.17. The lowest BCUT2D eigenvalue weighted by atomic mass is 10.0. The summed E-state index contributed by atoms with van der Waals surface area (Å²) in [5, 5.41) is 15.1. The second-order valence-electron chi connectivity index (χ2n) is 3.89. The van der Waals surface area contributed by atoms with Crippen molar-refractivity contribution in [2.45, 2.75) is 6.42 Å². The number of aliphatic hydroxyl groups is 1. The monoisotopic (exact) mass is 228 g/mol. The van der Waals surface area contributed by atoms with Gasteiger partial charge in [0.2, 0.25) is 0 Å². The van der Waals surface area contributed by atoms with Gasteiger partial charge in [0, 0.05) is 16.7 Å². The van der Waals surface area contributed by atoms with Crippen LogP contribution in [0.3, 0.4) is 0 Å². The van der Waals surface area contributed by atoms with Gasteiger partial charge in [0.05, 0.1) is 0 Å². The largest absolute Gasteiger partial charge is 0.396 e. The zero-order valence-electron chi connectivity index (χ0n) is 8.81. The van der Waals surface area contributed by atoms with E-state index in [1.165, 1.54) is 26.4 Å². The fraction of sp³-hybridized carbons (Fsp3) is 0.143. The molecule has 0 aliphatic carbocycles. The molecule has 3 aromatic rings. The van der Waals surface area contributed by atoms with Crippen LogP contribution in [0.5, 0.6) is 0 Å². The molecule has 0 unspecified atom stereocenters. The minimum Gasteiger partial charge on any atom is -0.396 e. The summed E-state index contributed by atoms with van der Waals surface area (Å²) in [7, 11) is 0. The zero-order valence-corrected chi connectivity index (χ0v) is 9.63. The lowest BCUT2D eigenvalue weighted by Crippen LogP contribution is -1.91. The van der Waals surface area contributed by atoms with Crippen molar-refractivity contribution in [1.82, 2.24) is 0 Å². The van der Waals surface area contributed by atoms with Gasteiger partial charge in [-0.1, -0.05) is 24.3 Å². The van der Waals surface area contributed by atoms with Crippen molar-refractivity contribution in [1.29, 1.82) is 0 Å². The van der Waals surface area contributed by atoms with Crippen LogP contribution in [0, 0.1) is 0 Å². The average Bonchev–Trinajstić information content (AvgIpc) is 2.79. The summed E-state index contributed by atoms with van der Waals surface area (Å²) < 4.78 is 1.31. The molecule has 80 valence electrons. The van der Waals surface area contributed by atoms with E-state index in [0.29, 0.717) is 0 Å². The molecule has 0 saturated carbocycles. The summed E-state index contributed by atoms with van der Waals surface area (Å²) in [5.41, 5.74) is 1.26. The van der Waals surface area contributed by atoms with Crippen molar-refractivity contribution < 1.29 is 5.11 Å². The van der Waals surface area contributed by atoms with Crippen molar-refractivity contribution in [2.75, 3.05) is 6.61 Å². The third-order valence-electron chi connectivity index (χ3n) is 2.92. The molecule has 0 radical (unpaired) electrons. The molecule has 0 saturated heterocycles. The van der Waals surface area contributed by atoms with Gasteiger partial charge < -0.3 is 5.11 Å². The Kier molecular flexibility index (Phi) is 2.39. The average molecular weight is 228 g/mol. The van der Waals surface area contributed by atoms with Gasteiger partial charge in [-0.15, -0.1) is 11.3 Å². The number of aliphatic hydroxyl groups excluding tert-OH is 1. The first-order valence-corrected chi connectivity index (χ1v) is 6.27. The van der Waals surface area contributed by atoms with E-state index in [-0.39, 0.29) is 6.61 Å². The van der Waals surface area contributed by atoms with Gasteiger partial charge in [-0.25, -0.2) is 0 Å². The van der Waals surface area contributed by atoms with Crippen molar-refractivity contribution in [2.24, 2.45) is 0 Å². The second kappa shape index (κ2) is 3.89. The summed E-state index contributed by atoms with van der Waals surface area (Å²) in [6.07, 6.45) is 0.738. The van der Waals surface area contributed by atoms with Crippen LogP contribution >= 0.6 is 11.3 Å². The minimum absolute atomic E-state index is 0.214. The fourth-order valence-corrected chi connectivity index (χ4v) is 3.16. The molecule has 0 aliphatic rings. The van der Waals surface area contributed by atoms with E-state index < -0.39 is 0 Å². The molecule has 2 heteroatoms. The maximum absolute atomic E-state index is 9.09. The molecule has 0 fully saturated rings. The molecule has 3 rings (SSSR count). The highest BCUT2D eigenvalue weighted by Gasteiger charge is 2.06. The number of benzene rings is 2. The Balaban J connectivity index is 2.43. The van der Waals surface area contributed by atoms with E-state index in [9.17, 15) is 0 Å². The molecule has 16 heavy (non-hydrogen) atoms. The van der Waals surface area contributed by atoms with Gasteiger partial charge in [-0.05, 0) is 40.3 Å². The van der Waals surface area contributed by atoms with Gasteiger partial charge in [-0.3, -0.25) is 0 Å². The number of hydrogen-bond acceptors (Lipinski definition) is 2. The van der Waals surface area contributed by atoms with Gasteiger partial charge >= 0.3 is 0 Å². The highest BCUT2D eigenvalue weighted by atomic mass is 32.1. The van der Waals surface area contributed by atoms with Crippen LogP contribution in [0.1, 0.15) is 5.56 Å². The SMILES string of the molecule is OCCc1cc2ccccc2c2ccsc12. The Labute approximate surface area is 98.0 Å². The summed E-state index contributed by atoms with van der Waals surface area (Å²) in [6, 6.07) is 12.8. The lowest BCUT2D eigenvalue weighted by Gasteiger charge is -2.05. The predicted molar refractivity (Wildman–Crippen MR) is 70.1 cm³/mol. The first kappa shape index (κ1) is 9.82. The minimum atomic E-state index is 0.214. The third-order valence-corrected chi connectivity index (χ3v) is 3.91. The van der Waals surface area contributed by atoms with Crippen LogP contribution < -0.4 is 0 Å². The summed E-state index contributed by atoms with van der Waals surface area (Å²) >= 11 is 1.76. The van der Waals surface area contributed by atoms with Crippen LogP contribution in [0.15, 0.2) is 41.8 Å². The lowest BCUT2D eigenvalue weighted by molar-refractivity contribution is 0.300. The second-order valence-corrected chi connectivity index (χ2v) is 4.81. The van der Waals surface area contributed by atoms with Gasteiger partial charge in [0.1, 0.15) is 0 Å². The van der Waals surface area contributed by atoms with E-state index in [1.807, 2.05) is 0 Å². The summed E-state index contributed by atoms with van der Waals surface area (Å²) in [6.45, 7) is 0.214. The Hall–Kier alpha value is -1.38. The van der Waals surface area contributed by atoms with E-state index in [1.54, 1.807) is 11.3 Å². The van der Waals surface area contributed by atoms with Crippen molar-refractivity contribution >= 4 is 32.2 Å². The van der Waals surface area contributed by atoms with Crippen LogP contribution in [-0.2, 0) is 6.42 Å². The molecule has 0 amide bonds. The van der Waals surface area contributed by atoms with E-state index in [0.717, 1.165) is 6.42 Å². The zero-order chi connectivity index (χ0) is 11.0. The van der Waals surface area contributed by atoms with Crippen LogP contribution in [0.25, 0.3) is 20.9 Å². The molecule has 1 N–H and O–H groups in total. The fourth-order valence-electron chi connectivity index (χ4n) is 2.20. The number of rotatable bonds is 2. The van der Waals surface area contributed by atoms with E-state index >= 15 is 0 Å². The molecule has 0 aliphatic heterocycles. The van der Waals surface area contributed by atoms with Crippen LogP contribution in [0.2, 0.25) is 0 Å². The molecule has 2 aromatic carbocycles. The normalized spacial score (nSPS) is 11.3. The Morgan fingerprint density at radius 1 is 1.06 bits per heavy atom. The number of hydrogen-bond donors (Lipinski definition) is 1. The van der Waals surface area contributed by atoms with Crippen molar-refractivity contribution in [3.63, 3.8) is 0 Å². The van der Waals surface area contributed by atoms with E-state index in [4.69, 9.17) is 5.11 Å². The molecule has 1 heterocycles. The molecule has 1 aromatic heterocycles. The maximum Gasteiger partial charge on any atom is 0.0471 e. The molecule has 0 spiro atoms. The summed E-state index contributed by atoms with van der Waals surface area (Å²) in [4.78, 5) is 0. The van der Waals surface area contributed by atoms with Crippen LogP contribution in [-0.4, -0.2) is 11.7 Å². The topological polar surface area (TPSA) is 20.2 Å². The molecule has 1 nitrogen and oxygen atoms in total. The first-order valence-electron chi connectivity index (χ1n) is 5.39. The predicted octanol–water partition coefficient (Wildman–Crippen LogP) is 3.59. The van der Waals surface area contributed by atoms with Gasteiger partial charge in [0.15, 0.2) is 0 Å². The summed E-state index contributed by atoms with van der Waals surface area (Å²) in [5.74, 6) is 0. The smallest absolute Gasteiger partial charge is 0.0471 e. The Bertz CT molecular complexity index is 639. The number of fused-ring (bicyclic) bond motifs is 3. The first-order chi connectivity index (χ1) is 7.90. The van der Waals surface area contributed by atoms with Gasteiger partial charge in [-0.2, -0.15) is 0 Å². The third kappa shape index (κ3) is 1.42. The van der Waals surface area contributed by atoms with Crippen molar-refractivity contribution in [3.8, 4) is 0 Å². The quantitative estimate of drug-likeness (QED) is 0.710. The molecular formula is C14H12OS. The molecular weight excluding hydrogens is 216 g/mol. The standard InChI is InChI=1S/C14H12OS/c15-7-5-11-9-10-3-1-2-4-12(10)13-6-8-16-14(11)13/h1-4,6,8-9,15H,5,7H2.